The normalized spacial score (nSPS) is 18.5. The fraction of sp³-hybridized carbons (Fsp3) is 0.545. The van der Waals surface area contributed by atoms with Crippen LogP contribution in [-0.2, 0) is 10.0 Å². The second kappa shape index (κ2) is 5.60. The lowest BCUT2D eigenvalue weighted by atomic mass is 10.1. The fourth-order valence-corrected chi connectivity index (χ4v) is 3.06. The molecule has 0 amide bonds. The van der Waals surface area contributed by atoms with Gasteiger partial charge in [0.05, 0.1) is 11.3 Å². The number of piperidine rings is 1. The van der Waals surface area contributed by atoms with E-state index in [1.54, 1.807) is 0 Å². The minimum Gasteiger partial charge on any atom is -0.365 e. The van der Waals surface area contributed by atoms with Crippen LogP contribution in [0.1, 0.15) is 12.8 Å². The van der Waals surface area contributed by atoms with E-state index in [2.05, 4.69) is 10.3 Å². The Morgan fingerprint density at radius 1 is 1.47 bits per heavy atom. The van der Waals surface area contributed by atoms with Crippen molar-refractivity contribution in [3.63, 3.8) is 0 Å². The second-order valence-corrected chi connectivity index (χ2v) is 6.98. The molecule has 1 aliphatic heterocycles. The van der Waals surface area contributed by atoms with Crippen LogP contribution in [0, 0.1) is 5.82 Å². The molecule has 0 saturated carbocycles. The highest BCUT2D eigenvalue weighted by Gasteiger charge is 2.25. The van der Waals surface area contributed by atoms with Crippen molar-refractivity contribution in [2.24, 2.45) is 0 Å². The maximum Gasteiger partial charge on any atom is 0.211 e. The third kappa shape index (κ3) is 3.77. The van der Waals surface area contributed by atoms with Crippen LogP contribution in [0.5, 0.6) is 0 Å². The largest absolute Gasteiger partial charge is 0.365 e. The number of rotatable bonds is 3. The molecule has 0 unspecified atom stereocenters. The highest BCUT2D eigenvalue weighted by Crippen LogP contribution is 2.20. The smallest absolute Gasteiger partial charge is 0.211 e. The Morgan fingerprint density at radius 2 is 2.11 bits per heavy atom. The standard InChI is InChI=1S/C11H15ClFN3O2S/c1-19(17,18)16-4-2-9(3-5-16)15-11-10(13)6-8(12)7-14-11/h6-7,9H,2-5H2,1H3,(H,14,15). The van der Waals surface area contributed by atoms with Gasteiger partial charge in [0.1, 0.15) is 0 Å². The summed E-state index contributed by atoms with van der Waals surface area (Å²) in [4.78, 5) is 3.89. The van der Waals surface area contributed by atoms with E-state index >= 15 is 0 Å². The van der Waals surface area contributed by atoms with E-state index in [1.165, 1.54) is 22.8 Å². The molecule has 0 radical (unpaired) electrons. The lowest BCUT2D eigenvalue weighted by molar-refractivity contribution is 0.331. The summed E-state index contributed by atoms with van der Waals surface area (Å²) < 4.78 is 37.7. The minimum absolute atomic E-state index is 0.0150. The first-order valence-corrected chi connectivity index (χ1v) is 8.11. The summed E-state index contributed by atoms with van der Waals surface area (Å²) in [6.07, 6.45) is 3.81. The molecule has 8 heteroatoms. The van der Waals surface area contributed by atoms with Gasteiger partial charge in [0.2, 0.25) is 10.0 Å². The molecule has 106 valence electrons. The fourth-order valence-electron chi connectivity index (χ4n) is 2.05. The Labute approximate surface area is 116 Å². The van der Waals surface area contributed by atoms with Crippen LogP contribution in [0.15, 0.2) is 12.3 Å². The Bertz CT molecular complexity index is 559. The molecule has 19 heavy (non-hydrogen) atoms. The van der Waals surface area contributed by atoms with Gasteiger partial charge < -0.3 is 5.32 Å². The third-order valence-corrected chi connectivity index (χ3v) is 4.58. The number of aromatic nitrogens is 1. The summed E-state index contributed by atoms with van der Waals surface area (Å²) in [6, 6.07) is 1.21. The van der Waals surface area contributed by atoms with Crippen molar-refractivity contribution in [3.8, 4) is 0 Å². The molecule has 0 aliphatic carbocycles. The molecule has 5 nitrogen and oxygen atoms in total. The number of anilines is 1. The van der Waals surface area contributed by atoms with Gasteiger partial charge in [-0.15, -0.1) is 0 Å². The van der Waals surface area contributed by atoms with Crippen LogP contribution in [0.4, 0.5) is 10.2 Å². The molecule has 1 saturated heterocycles. The predicted octanol–water partition coefficient (Wildman–Crippen LogP) is 1.71. The van der Waals surface area contributed by atoms with Crippen molar-refractivity contribution >= 4 is 27.4 Å². The Kier molecular flexibility index (Phi) is 4.27. The van der Waals surface area contributed by atoms with Crippen molar-refractivity contribution in [2.75, 3.05) is 24.7 Å². The zero-order valence-corrected chi connectivity index (χ0v) is 12.0. The van der Waals surface area contributed by atoms with Gasteiger partial charge in [-0.3, -0.25) is 0 Å². The Morgan fingerprint density at radius 3 is 2.63 bits per heavy atom. The van der Waals surface area contributed by atoms with Gasteiger partial charge in [-0.2, -0.15) is 0 Å². The van der Waals surface area contributed by atoms with E-state index in [4.69, 9.17) is 11.6 Å². The summed E-state index contributed by atoms with van der Waals surface area (Å²) in [5, 5.41) is 3.23. The average Bonchev–Trinajstić information content (AvgIpc) is 2.32. The quantitative estimate of drug-likeness (QED) is 0.923. The number of pyridine rings is 1. The first kappa shape index (κ1) is 14.5. The highest BCUT2D eigenvalue weighted by molar-refractivity contribution is 7.88. The van der Waals surface area contributed by atoms with Crippen LogP contribution in [0.3, 0.4) is 0 Å². The molecule has 1 fully saturated rings. The average molecular weight is 308 g/mol. The number of nitrogens with one attached hydrogen (secondary N) is 1. The number of hydrogen-bond acceptors (Lipinski definition) is 4. The number of hydrogen-bond donors (Lipinski definition) is 1. The predicted molar refractivity (Wildman–Crippen MR) is 72.3 cm³/mol. The van der Waals surface area contributed by atoms with Gasteiger partial charge in [0, 0.05) is 25.3 Å². The van der Waals surface area contributed by atoms with E-state index in [9.17, 15) is 12.8 Å². The third-order valence-electron chi connectivity index (χ3n) is 3.07. The van der Waals surface area contributed by atoms with Crippen molar-refractivity contribution in [1.29, 1.82) is 0 Å². The number of halogens is 2. The lowest BCUT2D eigenvalue weighted by Crippen LogP contribution is -2.42. The molecule has 0 aromatic carbocycles. The van der Waals surface area contributed by atoms with Gasteiger partial charge in [0.25, 0.3) is 0 Å². The Balaban J connectivity index is 1.96. The summed E-state index contributed by atoms with van der Waals surface area (Å²) in [7, 11) is -3.14. The first-order valence-electron chi connectivity index (χ1n) is 5.89. The number of nitrogens with zero attached hydrogens (tertiary/aromatic N) is 2. The zero-order chi connectivity index (χ0) is 14.0. The summed E-state index contributed by atoms with van der Waals surface area (Å²) in [5.41, 5.74) is 0. The Hall–Kier alpha value is -0.920. The molecule has 1 aliphatic rings. The van der Waals surface area contributed by atoms with Crippen LogP contribution in [0.2, 0.25) is 5.02 Å². The summed E-state index contributed by atoms with van der Waals surface area (Å²) >= 11 is 5.63. The topological polar surface area (TPSA) is 62.3 Å². The maximum absolute atomic E-state index is 13.6. The van der Waals surface area contributed by atoms with Crippen molar-refractivity contribution in [1.82, 2.24) is 9.29 Å². The molecule has 1 aromatic rings. The van der Waals surface area contributed by atoms with Crippen LogP contribution in [0.25, 0.3) is 0 Å². The zero-order valence-electron chi connectivity index (χ0n) is 10.4. The minimum atomic E-state index is -3.14. The van der Waals surface area contributed by atoms with Crippen LogP contribution >= 0.6 is 11.6 Å². The van der Waals surface area contributed by atoms with Gasteiger partial charge >= 0.3 is 0 Å². The second-order valence-electron chi connectivity index (χ2n) is 4.56. The van der Waals surface area contributed by atoms with E-state index in [1.807, 2.05) is 0 Å². The molecule has 0 bridgehead atoms. The van der Waals surface area contributed by atoms with E-state index in [0.717, 1.165) is 0 Å². The van der Waals surface area contributed by atoms with Gasteiger partial charge in [-0.05, 0) is 18.9 Å². The highest BCUT2D eigenvalue weighted by atomic mass is 35.5. The molecule has 2 heterocycles. The molecule has 0 spiro atoms. The SMILES string of the molecule is CS(=O)(=O)N1CCC(Nc2ncc(Cl)cc2F)CC1. The van der Waals surface area contributed by atoms with E-state index < -0.39 is 15.8 Å². The first-order chi connectivity index (χ1) is 8.86. The van der Waals surface area contributed by atoms with Crippen molar-refractivity contribution < 1.29 is 12.8 Å². The summed E-state index contributed by atoms with van der Waals surface area (Å²) in [6.45, 7) is 0.872. The molecule has 0 atom stereocenters. The van der Waals surface area contributed by atoms with E-state index in [-0.39, 0.29) is 16.9 Å². The summed E-state index contributed by atoms with van der Waals surface area (Å²) in [5.74, 6) is -0.347. The molecular formula is C11H15ClFN3O2S. The van der Waals surface area contributed by atoms with Gasteiger partial charge in [-0.25, -0.2) is 22.1 Å². The molecule has 1 N–H and O–H groups in total. The van der Waals surface area contributed by atoms with Crippen LogP contribution < -0.4 is 5.32 Å². The monoisotopic (exact) mass is 307 g/mol. The number of sulfonamides is 1. The van der Waals surface area contributed by atoms with Gasteiger partial charge in [-0.1, -0.05) is 11.6 Å². The molecule has 2 rings (SSSR count). The van der Waals surface area contributed by atoms with Gasteiger partial charge in [0.15, 0.2) is 11.6 Å². The maximum atomic E-state index is 13.6. The van der Waals surface area contributed by atoms with Crippen LogP contribution in [-0.4, -0.2) is 43.1 Å². The van der Waals surface area contributed by atoms with Crippen molar-refractivity contribution in [2.45, 2.75) is 18.9 Å². The lowest BCUT2D eigenvalue weighted by Gasteiger charge is -2.30. The van der Waals surface area contributed by atoms with Crippen molar-refractivity contribution in [3.05, 3.63) is 23.1 Å². The molecule has 1 aromatic heterocycles. The molecular weight excluding hydrogens is 293 g/mol. The van der Waals surface area contributed by atoms with E-state index in [0.29, 0.717) is 25.9 Å².